The summed E-state index contributed by atoms with van der Waals surface area (Å²) in [5, 5.41) is 12.0. The highest BCUT2D eigenvalue weighted by molar-refractivity contribution is 6.05. The number of amides is 2. The molecule has 7 nitrogen and oxygen atoms in total. The Hall–Kier alpha value is -3.53. The third-order valence-electron chi connectivity index (χ3n) is 5.30. The summed E-state index contributed by atoms with van der Waals surface area (Å²) in [6.07, 6.45) is -2.15. The number of nitrogens with zero attached hydrogens (tertiary/aromatic N) is 1. The first kappa shape index (κ1) is 22.7. The van der Waals surface area contributed by atoms with Gasteiger partial charge in [0.15, 0.2) is 6.61 Å². The maximum Gasteiger partial charge on any atom is 0.416 e. The second kappa shape index (κ2) is 9.14. The van der Waals surface area contributed by atoms with E-state index in [1.165, 1.54) is 17.0 Å². The van der Waals surface area contributed by atoms with Crippen molar-refractivity contribution in [3.05, 3.63) is 53.6 Å². The molecule has 0 atom stereocenters. The van der Waals surface area contributed by atoms with Crippen LogP contribution in [-0.4, -0.2) is 43.3 Å². The molecule has 2 aromatic rings. The largest absolute Gasteiger partial charge is 0.493 e. The fourth-order valence-electron chi connectivity index (χ4n) is 3.77. The summed E-state index contributed by atoms with van der Waals surface area (Å²) in [5.41, 5.74) is 1.01. The van der Waals surface area contributed by atoms with Gasteiger partial charge in [0.1, 0.15) is 11.5 Å². The van der Waals surface area contributed by atoms with Crippen LogP contribution in [0, 0.1) is 0 Å². The number of carbonyl (C=O) groups excluding carboxylic acids is 2. The van der Waals surface area contributed by atoms with Gasteiger partial charge in [0.05, 0.1) is 24.5 Å². The average molecular weight is 462 g/mol. The SMILES string of the molecule is O=C(/C=C1\CCCOc2cc(C(F)(F)F)ccc21)Nc1ccc2c(c1)N(CCO)C(=O)CO2. The topological polar surface area (TPSA) is 88.1 Å². The molecule has 174 valence electrons. The van der Waals surface area contributed by atoms with Crippen molar-refractivity contribution < 1.29 is 37.3 Å². The van der Waals surface area contributed by atoms with Gasteiger partial charge in [-0.1, -0.05) is 6.07 Å². The van der Waals surface area contributed by atoms with Crippen LogP contribution in [0.25, 0.3) is 5.57 Å². The number of fused-ring (bicyclic) bond motifs is 2. The molecule has 2 aromatic carbocycles. The van der Waals surface area contributed by atoms with Crippen LogP contribution >= 0.6 is 0 Å². The first-order valence-corrected chi connectivity index (χ1v) is 10.3. The number of aliphatic hydroxyl groups is 1. The number of hydrogen-bond acceptors (Lipinski definition) is 5. The Morgan fingerprint density at radius 3 is 2.73 bits per heavy atom. The number of rotatable bonds is 4. The number of alkyl halides is 3. The molecule has 0 bridgehead atoms. The number of halogens is 3. The van der Waals surface area contributed by atoms with Gasteiger partial charge in [0.2, 0.25) is 5.91 Å². The van der Waals surface area contributed by atoms with Crippen LogP contribution in [0.3, 0.4) is 0 Å². The fourth-order valence-corrected chi connectivity index (χ4v) is 3.77. The van der Waals surface area contributed by atoms with Crippen molar-refractivity contribution >= 4 is 28.8 Å². The van der Waals surface area contributed by atoms with Crippen LogP contribution in [0.15, 0.2) is 42.5 Å². The Balaban J connectivity index is 1.58. The fraction of sp³-hybridized carbons (Fsp3) is 0.304. The van der Waals surface area contributed by atoms with Crippen molar-refractivity contribution in [2.45, 2.75) is 19.0 Å². The number of aliphatic hydroxyl groups excluding tert-OH is 1. The number of β-amino-alcohol motifs (C(OH)–C–C–N with tert-alkyl or cyclic N) is 1. The molecule has 0 aliphatic carbocycles. The van der Waals surface area contributed by atoms with E-state index in [2.05, 4.69) is 5.32 Å². The molecule has 0 radical (unpaired) electrons. The molecule has 2 amide bonds. The highest BCUT2D eigenvalue weighted by atomic mass is 19.4. The van der Waals surface area contributed by atoms with Crippen LogP contribution in [0.1, 0.15) is 24.0 Å². The number of allylic oxidation sites excluding steroid dienone is 1. The third-order valence-corrected chi connectivity index (χ3v) is 5.30. The number of nitrogens with one attached hydrogen (secondary N) is 1. The normalized spacial score (nSPS) is 16.9. The van der Waals surface area contributed by atoms with E-state index in [1.54, 1.807) is 18.2 Å². The summed E-state index contributed by atoms with van der Waals surface area (Å²) < 4.78 is 50.0. The van der Waals surface area contributed by atoms with E-state index < -0.39 is 17.6 Å². The smallest absolute Gasteiger partial charge is 0.416 e. The zero-order chi connectivity index (χ0) is 23.6. The molecule has 33 heavy (non-hydrogen) atoms. The van der Waals surface area contributed by atoms with Crippen molar-refractivity contribution in [1.29, 1.82) is 0 Å². The van der Waals surface area contributed by atoms with Crippen LogP contribution in [0.2, 0.25) is 0 Å². The van der Waals surface area contributed by atoms with E-state index in [0.29, 0.717) is 41.1 Å². The molecule has 2 N–H and O–H groups in total. The lowest BCUT2D eigenvalue weighted by molar-refractivity contribution is -0.137. The molecule has 0 saturated heterocycles. The van der Waals surface area contributed by atoms with Crippen molar-refractivity contribution in [3.8, 4) is 11.5 Å². The van der Waals surface area contributed by atoms with Crippen LogP contribution in [0.4, 0.5) is 24.5 Å². The lowest BCUT2D eigenvalue weighted by atomic mass is 9.99. The standard InChI is InChI=1S/C23H21F3N2O5/c24-23(25,26)15-3-5-17-14(2-1-9-32-20(17)11-15)10-21(30)27-16-4-6-19-18(12-16)28(7-8-29)22(31)13-33-19/h3-6,10-12,29H,1-2,7-9,13H2,(H,27,30)/b14-10+. The zero-order valence-electron chi connectivity index (χ0n) is 17.4. The quantitative estimate of drug-likeness (QED) is 0.678. The maximum absolute atomic E-state index is 13.0. The van der Waals surface area contributed by atoms with Crippen molar-refractivity contribution in [1.82, 2.24) is 0 Å². The molecule has 2 heterocycles. The van der Waals surface area contributed by atoms with Crippen molar-refractivity contribution in [2.75, 3.05) is 36.6 Å². The lowest BCUT2D eigenvalue weighted by Gasteiger charge is -2.29. The van der Waals surface area contributed by atoms with Crippen LogP contribution in [-0.2, 0) is 15.8 Å². The number of ether oxygens (including phenoxy) is 2. The highest BCUT2D eigenvalue weighted by Gasteiger charge is 2.32. The molecular formula is C23H21F3N2O5. The second-order valence-corrected chi connectivity index (χ2v) is 7.56. The Morgan fingerprint density at radius 1 is 1.15 bits per heavy atom. The molecule has 0 fully saturated rings. The predicted molar refractivity (Wildman–Crippen MR) is 114 cm³/mol. The van der Waals surface area contributed by atoms with Crippen LogP contribution < -0.4 is 19.7 Å². The van der Waals surface area contributed by atoms with Gasteiger partial charge < -0.3 is 24.8 Å². The summed E-state index contributed by atoms with van der Waals surface area (Å²) in [5.74, 6) is -0.245. The number of anilines is 2. The monoisotopic (exact) mass is 462 g/mol. The van der Waals surface area contributed by atoms with Crippen molar-refractivity contribution in [3.63, 3.8) is 0 Å². The van der Waals surface area contributed by atoms with E-state index in [4.69, 9.17) is 9.47 Å². The van der Waals surface area contributed by atoms with Gasteiger partial charge in [-0.3, -0.25) is 9.59 Å². The van der Waals surface area contributed by atoms with E-state index >= 15 is 0 Å². The molecule has 2 aliphatic heterocycles. The van der Waals surface area contributed by atoms with E-state index in [-0.39, 0.29) is 38.0 Å². The number of benzene rings is 2. The summed E-state index contributed by atoms with van der Waals surface area (Å²) >= 11 is 0. The molecule has 0 spiro atoms. The first-order chi connectivity index (χ1) is 15.8. The molecule has 2 aliphatic rings. The number of hydrogen-bond donors (Lipinski definition) is 2. The minimum Gasteiger partial charge on any atom is -0.493 e. The molecule has 4 rings (SSSR count). The van der Waals surface area contributed by atoms with E-state index in [0.717, 1.165) is 12.1 Å². The van der Waals surface area contributed by atoms with Gasteiger partial charge >= 0.3 is 6.18 Å². The van der Waals surface area contributed by atoms with Gasteiger partial charge in [-0.25, -0.2) is 0 Å². The predicted octanol–water partition coefficient (Wildman–Crippen LogP) is 3.62. The Morgan fingerprint density at radius 2 is 1.97 bits per heavy atom. The lowest BCUT2D eigenvalue weighted by Crippen LogP contribution is -2.40. The van der Waals surface area contributed by atoms with Crippen molar-refractivity contribution in [2.24, 2.45) is 0 Å². The van der Waals surface area contributed by atoms with E-state index in [1.807, 2.05) is 0 Å². The Kier molecular flexibility index (Phi) is 6.28. The summed E-state index contributed by atoms with van der Waals surface area (Å²) in [6.45, 7) is -0.0338. The molecule has 0 saturated carbocycles. The summed E-state index contributed by atoms with van der Waals surface area (Å²) in [4.78, 5) is 26.2. The molecule has 0 unspecified atom stereocenters. The molecule has 0 aromatic heterocycles. The van der Waals surface area contributed by atoms with Gasteiger partial charge in [-0.05, 0) is 48.7 Å². The average Bonchev–Trinajstić information content (AvgIpc) is 2.97. The van der Waals surface area contributed by atoms with E-state index in [9.17, 15) is 27.9 Å². The minimum absolute atomic E-state index is 0.0884. The van der Waals surface area contributed by atoms with Gasteiger partial charge in [0.25, 0.3) is 5.91 Å². The minimum atomic E-state index is -4.49. The summed E-state index contributed by atoms with van der Waals surface area (Å²) in [7, 11) is 0. The second-order valence-electron chi connectivity index (χ2n) is 7.56. The van der Waals surface area contributed by atoms with Crippen LogP contribution in [0.5, 0.6) is 11.5 Å². The summed E-state index contributed by atoms with van der Waals surface area (Å²) in [6, 6.07) is 8.03. The Labute approximate surface area is 187 Å². The number of carbonyl (C=O) groups is 2. The third kappa shape index (κ3) is 4.95. The Bertz CT molecular complexity index is 1110. The first-order valence-electron chi connectivity index (χ1n) is 10.3. The zero-order valence-corrected chi connectivity index (χ0v) is 17.4. The van der Waals surface area contributed by atoms with Gasteiger partial charge in [-0.2, -0.15) is 13.2 Å². The van der Waals surface area contributed by atoms with Gasteiger partial charge in [-0.15, -0.1) is 0 Å². The molecular weight excluding hydrogens is 441 g/mol. The molecule has 10 heteroatoms. The highest BCUT2D eigenvalue weighted by Crippen LogP contribution is 2.38. The maximum atomic E-state index is 13.0. The van der Waals surface area contributed by atoms with Gasteiger partial charge in [0, 0.05) is 23.9 Å².